The van der Waals surface area contributed by atoms with Gasteiger partial charge in [0.05, 0.1) is 5.25 Å². The maximum atomic E-state index is 12.3. The number of nitrogens with zero attached hydrogens (tertiary/aromatic N) is 1. The van der Waals surface area contributed by atoms with Crippen LogP contribution in [0.4, 0.5) is 11.5 Å². The number of amides is 2. The van der Waals surface area contributed by atoms with E-state index >= 15 is 0 Å². The zero-order chi connectivity index (χ0) is 19.9. The zero-order valence-electron chi connectivity index (χ0n) is 15.1. The predicted molar refractivity (Wildman–Crippen MR) is 114 cm³/mol. The van der Waals surface area contributed by atoms with E-state index in [1.807, 2.05) is 25.1 Å². The third-order valence-corrected chi connectivity index (χ3v) is 5.14. The topological polar surface area (TPSA) is 71.1 Å². The number of pyridine rings is 1. The Bertz CT molecular complexity index is 965. The average Bonchev–Trinajstić information content (AvgIpc) is 2.70. The number of rotatable bonds is 6. The van der Waals surface area contributed by atoms with Crippen LogP contribution in [0.25, 0.3) is 0 Å². The third-order valence-electron chi connectivity index (χ3n) is 3.80. The second-order valence-corrected chi connectivity index (χ2v) is 7.80. The van der Waals surface area contributed by atoms with E-state index in [4.69, 9.17) is 11.6 Å². The van der Waals surface area contributed by atoms with Crippen molar-refractivity contribution in [2.24, 2.45) is 0 Å². The van der Waals surface area contributed by atoms with Crippen molar-refractivity contribution in [2.75, 3.05) is 10.6 Å². The van der Waals surface area contributed by atoms with Crippen molar-refractivity contribution >= 4 is 46.7 Å². The number of halogens is 1. The van der Waals surface area contributed by atoms with E-state index in [1.54, 1.807) is 54.7 Å². The van der Waals surface area contributed by atoms with Crippen LogP contribution in [0.3, 0.4) is 0 Å². The molecule has 0 aliphatic rings. The maximum absolute atomic E-state index is 12.3. The first-order valence-corrected chi connectivity index (χ1v) is 9.82. The number of hydrogen-bond donors (Lipinski definition) is 2. The van der Waals surface area contributed by atoms with Gasteiger partial charge in [-0.05, 0) is 61.5 Å². The molecule has 142 valence electrons. The fourth-order valence-electron chi connectivity index (χ4n) is 2.37. The van der Waals surface area contributed by atoms with Gasteiger partial charge >= 0.3 is 0 Å². The van der Waals surface area contributed by atoms with Crippen LogP contribution in [0.2, 0.25) is 5.02 Å². The van der Waals surface area contributed by atoms with Crippen molar-refractivity contribution in [2.45, 2.75) is 17.1 Å². The van der Waals surface area contributed by atoms with Crippen molar-refractivity contribution in [1.29, 1.82) is 0 Å². The molecule has 3 rings (SSSR count). The fourth-order valence-corrected chi connectivity index (χ4v) is 3.43. The highest BCUT2D eigenvalue weighted by molar-refractivity contribution is 8.00. The Labute approximate surface area is 172 Å². The van der Waals surface area contributed by atoms with Gasteiger partial charge in [0.1, 0.15) is 5.82 Å². The minimum atomic E-state index is -0.297. The quantitative estimate of drug-likeness (QED) is 0.553. The van der Waals surface area contributed by atoms with Gasteiger partial charge in [-0.1, -0.05) is 23.7 Å². The summed E-state index contributed by atoms with van der Waals surface area (Å²) in [6.07, 6.45) is 1.63. The first-order valence-electron chi connectivity index (χ1n) is 8.57. The Morgan fingerprint density at radius 3 is 2.46 bits per heavy atom. The molecule has 0 bridgehead atoms. The molecule has 28 heavy (non-hydrogen) atoms. The van der Waals surface area contributed by atoms with Gasteiger partial charge in [0.15, 0.2) is 0 Å². The molecule has 0 radical (unpaired) electrons. The minimum Gasteiger partial charge on any atom is -0.322 e. The van der Waals surface area contributed by atoms with E-state index < -0.39 is 0 Å². The number of aromatic nitrogens is 1. The molecule has 1 unspecified atom stereocenters. The third kappa shape index (κ3) is 5.58. The molecular formula is C21H18ClN3O2S. The van der Waals surface area contributed by atoms with Crippen LogP contribution in [0, 0.1) is 0 Å². The standard InChI is InChI=1S/C21H18ClN3O2S/c1-14(20(26)25-19-7-2-3-12-23-19)28-18-10-8-17(9-11-18)24-21(27)15-5-4-6-16(22)13-15/h2-14H,1H3,(H,24,27)(H,23,25,26). The Kier molecular flexibility index (Phi) is 6.68. The van der Waals surface area contributed by atoms with Crippen molar-refractivity contribution < 1.29 is 9.59 Å². The van der Waals surface area contributed by atoms with Crippen LogP contribution < -0.4 is 10.6 Å². The molecule has 0 saturated carbocycles. The van der Waals surface area contributed by atoms with Gasteiger partial charge < -0.3 is 10.6 Å². The molecule has 2 amide bonds. The summed E-state index contributed by atoms with van der Waals surface area (Å²) in [6, 6.07) is 19.4. The van der Waals surface area contributed by atoms with Crippen LogP contribution in [0.15, 0.2) is 77.8 Å². The summed E-state index contributed by atoms with van der Waals surface area (Å²) < 4.78 is 0. The van der Waals surface area contributed by atoms with Crippen molar-refractivity contribution in [1.82, 2.24) is 4.98 Å². The molecule has 3 aromatic rings. The molecule has 7 heteroatoms. The summed E-state index contributed by atoms with van der Waals surface area (Å²) >= 11 is 7.35. The number of benzene rings is 2. The van der Waals surface area contributed by atoms with Crippen LogP contribution in [0.5, 0.6) is 0 Å². The lowest BCUT2D eigenvalue weighted by Gasteiger charge is -2.12. The first-order chi connectivity index (χ1) is 13.5. The van der Waals surface area contributed by atoms with Gasteiger partial charge in [-0.25, -0.2) is 4.98 Å². The van der Waals surface area contributed by atoms with E-state index in [0.717, 1.165) is 4.90 Å². The van der Waals surface area contributed by atoms with E-state index in [2.05, 4.69) is 15.6 Å². The Morgan fingerprint density at radius 2 is 1.79 bits per heavy atom. The smallest absolute Gasteiger partial charge is 0.255 e. The summed E-state index contributed by atoms with van der Waals surface area (Å²) in [5, 5.41) is 5.82. The second-order valence-electron chi connectivity index (χ2n) is 5.95. The molecule has 1 atom stereocenters. The van der Waals surface area contributed by atoms with Crippen molar-refractivity contribution in [3.05, 3.63) is 83.5 Å². The lowest BCUT2D eigenvalue weighted by atomic mass is 10.2. The SMILES string of the molecule is CC(Sc1ccc(NC(=O)c2cccc(Cl)c2)cc1)C(=O)Nc1ccccn1. The molecule has 0 aliphatic heterocycles. The fraction of sp³-hybridized carbons (Fsp3) is 0.0952. The summed E-state index contributed by atoms with van der Waals surface area (Å²) in [5.41, 5.74) is 1.16. The zero-order valence-corrected chi connectivity index (χ0v) is 16.6. The molecule has 2 N–H and O–H groups in total. The monoisotopic (exact) mass is 411 g/mol. The van der Waals surface area contributed by atoms with E-state index in [0.29, 0.717) is 22.1 Å². The average molecular weight is 412 g/mol. The Hall–Kier alpha value is -2.83. The number of carbonyl (C=O) groups is 2. The molecule has 0 fully saturated rings. The van der Waals surface area contributed by atoms with Gasteiger partial charge in [0.2, 0.25) is 5.91 Å². The number of anilines is 2. The van der Waals surface area contributed by atoms with E-state index in [9.17, 15) is 9.59 Å². The minimum absolute atomic E-state index is 0.123. The molecule has 0 spiro atoms. The Morgan fingerprint density at radius 1 is 1.00 bits per heavy atom. The number of hydrogen-bond acceptors (Lipinski definition) is 4. The summed E-state index contributed by atoms with van der Waals surface area (Å²) in [6.45, 7) is 1.83. The number of carbonyl (C=O) groups excluding carboxylic acids is 2. The number of nitrogens with one attached hydrogen (secondary N) is 2. The predicted octanol–water partition coefficient (Wildman–Crippen LogP) is 5.11. The molecule has 0 aliphatic carbocycles. The van der Waals surface area contributed by atoms with Gasteiger partial charge in [-0.3, -0.25) is 9.59 Å². The molecule has 0 saturated heterocycles. The normalized spacial score (nSPS) is 11.5. The molecule has 5 nitrogen and oxygen atoms in total. The lowest BCUT2D eigenvalue weighted by molar-refractivity contribution is -0.115. The van der Waals surface area contributed by atoms with Crippen LogP contribution in [-0.4, -0.2) is 22.0 Å². The van der Waals surface area contributed by atoms with E-state index in [-0.39, 0.29) is 17.1 Å². The highest BCUT2D eigenvalue weighted by Gasteiger charge is 2.15. The molecule has 1 aromatic heterocycles. The van der Waals surface area contributed by atoms with Crippen LogP contribution >= 0.6 is 23.4 Å². The maximum Gasteiger partial charge on any atom is 0.255 e. The Balaban J connectivity index is 1.56. The van der Waals surface area contributed by atoms with Crippen molar-refractivity contribution in [3.8, 4) is 0 Å². The van der Waals surface area contributed by atoms with Gasteiger partial charge in [0.25, 0.3) is 5.91 Å². The summed E-state index contributed by atoms with van der Waals surface area (Å²) in [7, 11) is 0. The second kappa shape index (κ2) is 9.39. The largest absolute Gasteiger partial charge is 0.322 e. The number of thioether (sulfide) groups is 1. The van der Waals surface area contributed by atoms with Gasteiger partial charge in [0, 0.05) is 27.4 Å². The van der Waals surface area contributed by atoms with Crippen molar-refractivity contribution in [3.63, 3.8) is 0 Å². The van der Waals surface area contributed by atoms with Gasteiger partial charge in [-0.2, -0.15) is 0 Å². The molecular weight excluding hydrogens is 394 g/mol. The van der Waals surface area contributed by atoms with E-state index in [1.165, 1.54) is 11.8 Å². The summed E-state index contributed by atoms with van der Waals surface area (Å²) in [4.78, 5) is 29.5. The lowest BCUT2D eigenvalue weighted by Crippen LogP contribution is -2.22. The molecule has 1 heterocycles. The van der Waals surface area contributed by atoms with Crippen LogP contribution in [0.1, 0.15) is 17.3 Å². The van der Waals surface area contributed by atoms with Gasteiger partial charge in [-0.15, -0.1) is 11.8 Å². The van der Waals surface area contributed by atoms with Crippen LogP contribution in [-0.2, 0) is 4.79 Å². The summed E-state index contributed by atoms with van der Waals surface area (Å²) in [5.74, 6) is 0.173. The molecule has 2 aromatic carbocycles. The highest BCUT2D eigenvalue weighted by atomic mass is 35.5. The highest BCUT2D eigenvalue weighted by Crippen LogP contribution is 2.25. The first kappa shape index (κ1) is 19.9.